The van der Waals surface area contributed by atoms with Crippen LogP contribution in [0.2, 0.25) is 0 Å². The molecule has 7 heteroatoms. The molecule has 0 saturated carbocycles. The van der Waals surface area contributed by atoms with E-state index >= 15 is 0 Å². The van der Waals surface area contributed by atoms with Crippen molar-refractivity contribution in [2.75, 3.05) is 14.2 Å². The number of ether oxygens (including phenoxy) is 3. The van der Waals surface area contributed by atoms with Gasteiger partial charge < -0.3 is 14.2 Å². The molecule has 0 unspecified atom stereocenters. The quantitative estimate of drug-likeness (QED) is 0.609. The first-order valence-corrected chi connectivity index (χ1v) is 7.87. The van der Waals surface area contributed by atoms with Crippen molar-refractivity contribution in [2.24, 2.45) is 0 Å². The van der Waals surface area contributed by atoms with E-state index in [1.165, 1.54) is 18.8 Å². The van der Waals surface area contributed by atoms with E-state index in [9.17, 15) is 14.4 Å². The minimum atomic E-state index is -0.768. The lowest BCUT2D eigenvalue weighted by atomic mass is 9.94. The van der Waals surface area contributed by atoms with Crippen LogP contribution in [0.5, 0.6) is 0 Å². The van der Waals surface area contributed by atoms with Crippen molar-refractivity contribution in [3.63, 3.8) is 0 Å². The summed E-state index contributed by atoms with van der Waals surface area (Å²) >= 11 is 0. The van der Waals surface area contributed by atoms with Crippen LogP contribution >= 0.6 is 0 Å². The van der Waals surface area contributed by atoms with E-state index in [0.717, 1.165) is 12.8 Å². The van der Waals surface area contributed by atoms with Gasteiger partial charge in [0.1, 0.15) is 5.60 Å². The van der Waals surface area contributed by atoms with E-state index in [0.29, 0.717) is 24.1 Å². The van der Waals surface area contributed by atoms with Crippen LogP contribution in [-0.2, 0) is 27.1 Å². The van der Waals surface area contributed by atoms with Crippen LogP contribution in [0.15, 0.2) is 0 Å². The lowest BCUT2D eigenvalue weighted by Crippen LogP contribution is -2.30. The highest BCUT2D eigenvalue weighted by molar-refractivity contribution is 6.06. The Hall–Kier alpha value is -2.31. The highest BCUT2D eigenvalue weighted by Crippen LogP contribution is 2.32. The second kappa shape index (κ2) is 6.67. The number of methoxy groups -OCH3 is 2. The van der Waals surface area contributed by atoms with Crippen LogP contribution < -0.4 is 0 Å². The lowest BCUT2D eigenvalue weighted by molar-refractivity contribution is 0.0472. The number of carbonyl (C=O) groups excluding carboxylic acids is 3. The van der Waals surface area contributed by atoms with Gasteiger partial charge in [0.05, 0.1) is 19.8 Å². The summed E-state index contributed by atoms with van der Waals surface area (Å²) in [5.41, 5.74) is 0.535. The maximum absolute atomic E-state index is 12.7. The number of carbonyl (C=O) groups is 3. The van der Waals surface area contributed by atoms with Crippen LogP contribution in [0.1, 0.15) is 65.7 Å². The van der Waals surface area contributed by atoms with E-state index in [1.54, 1.807) is 20.8 Å². The van der Waals surface area contributed by atoms with Gasteiger partial charge in [-0.05, 0) is 52.0 Å². The van der Waals surface area contributed by atoms with Gasteiger partial charge in [0.2, 0.25) is 0 Å². The van der Waals surface area contributed by atoms with Crippen molar-refractivity contribution in [1.82, 2.24) is 4.57 Å². The number of rotatable bonds is 2. The highest BCUT2D eigenvalue weighted by atomic mass is 16.6. The van der Waals surface area contributed by atoms with Gasteiger partial charge in [-0.2, -0.15) is 0 Å². The van der Waals surface area contributed by atoms with Crippen LogP contribution in [0.4, 0.5) is 4.79 Å². The molecule has 1 aromatic rings. The van der Waals surface area contributed by atoms with Crippen molar-refractivity contribution in [2.45, 2.75) is 52.1 Å². The van der Waals surface area contributed by atoms with Crippen LogP contribution in [0.25, 0.3) is 0 Å². The first-order chi connectivity index (χ1) is 11.2. The lowest BCUT2D eigenvalue weighted by Gasteiger charge is -2.22. The fourth-order valence-electron chi connectivity index (χ4n) is 2.92. The molecule has 24 heavy (non-hydrogen) atoms. The van der Waals surface area contributed by atoms with Gasteiger partial charge in [-0.3, -0.25) is 0 Å². The van der Waals surface area contributed by atoms with Gasteiger partial charge in [0.15, 0.2) is 5.69 Å². The fourth-order valence-corrected chi connectivity index (χ4v) is 2.92. The second-order valence-electron chi connectivity index (χ2n) is 6.65. The Balaban J connectivity index is 2.72. The topological polar surface area (TPSA) is 83.8 Å². The van der Waals surface area contributed by atoms with Crippen molar-refractivity contribution >= 4 is 18.0 Å². The van der Waals surface area contributed by atoms with Crippen molar-refractivity contribution in [3.05, 3.63) is 22.5 Å². The van der Waals surface area contributed by atoms with E-state index in [4.69, 9.17) is 14.2 Å². The third kappa shape index (κ3) is 3.29. The van der Waals surface area contributed by atoms with Gasteiger partial charge in [0, 0.05) is 5.69 Å². The highest BCUT2D eigenvalue weighted by Gasteiger charge is 2.36. The van der Waals surface area contributed by atoms with Gasteiger partial charge in [-0.15, -0.1) is 0 Å². The Morgan fingerprint density at radius 2 is 1.54 bits per heavy atom. The molecule has 7 nitrogen and oxygen atoms in total. The number of hydrogen-bond acceptors (Lipinski definition) is 6. The summed E-state index contributed by atoms with van der Waals surface area (Å²) in [5.74, 6) is -1.42. The van der Waals surface area contributed by atoms with Gasteiger partial charge in [-0.25, -0.2) is 19.0 Å². The monoisotopic (exact) mass is 337 g/mol. The molecule has 0 saturated heterocycles. The van der Waals surface area contributed by atoms with Gasteiger partial charge in [-0.1, -0.05) is 0 Å². The molecule has 0 N–H and O–H groups in total. The number of nitrogens with zero attached hydrogens (tertiary/aromatic N) is 1. The average molecular weight is 337 g/mol. The molecular formula is C17H23NO6. The SMILES string of the molecule is COC(=O)c1c2c(n(C(=O)OC(C)(C)C)c1C(=O)OC)CCCC2. The molecule has 0 fully saturated rings. The van der Waals surface area contributed by atoms with Crippen molar-refractivity contribution in [3.8, 4) is 0 Å². The molecular weight excluding hydrogens is 314 g/mol. The molecule has 1 aliphatic rings. The van der Waals surface area contributed by atoms with Gasteiger partial charge >= 0.3 is 18.0 Å². The van der Waals surface area contributed by atoms with Crippen LogP contribution in [0, 0.1) is 0 Å². The predicted octanol–water partition coefficient (Wildman–Crippen LogP) is 2.72. The minimum absolute atomic E-state index is 0.102. The summed E-state index contributed by atoms with van der Waals surface area (Å²) in [7, 11) is 2.44. The number of fused-ring (bicyclic) bond motifs is 1. The molecule has 0 aliphatic heterocycles. The molecule has 0 amide bonds. The summed E-state index contributed by atoms with van der Waals surface area (Å²) in [6.45, 7) is 5.21. The van der Waals surface area contributed by atoms with Gasteiger partial charge in [0.25, 0.3) is 0 Å². The molecule has 0 aromatic carbocycles. The second-order valence-corrected chi connectivity index (χ2v) is 6.65. The summed E-state index contributed by atoms with van der Waals surface area (Å²) in [6, 6.07) is 0. The van der Waals surface area contributed by atoms with E-state index in [2.05, 4.69) is 0 Å². The molecule has 1 aliphatic carbocycles. The maximum atomic E-state index is 12.7. The van der Waals surface area contributed by atoms with Crippen LogP contribution in [0.3, 0.4) is 0 Å². The summed E-state index contributed by atoms with van der Waals surface area (Å²) in [5, 5.41) is 0. The Morgan fingerprint density at radius 1 is 0.958 bits per heavy atom. The fraction of sp³-hybridized carbons (Fsp3) is 0.588. The number of aromatic nitrogens is 1. The minimum Gasteiger partial charge on any atom is -0.465 e. The Kier molecular flexibility index (Phi) is 5.01. The van der Waals surface area contributed by atoms with E-state index in [1.807, 2.05) is 0 Å². The summed E-state index contributed by atoms with van der Waals surface area (Å²) in [6.07, 6.45) is 2.21. The molecule has 0 spiro atoms. The van der Waals surface area contributed by atoms with Crippen molar-refractivity contribution < 1.29 is 28.6 Å². The predicted molar refractivity (Wildman–Crippen MR) is 85.4 cm³/mol. The van der Waals surface area contributed by atoms with E-state index in [-0.39, 0.29) is 11.3 Å². The smallest absolute Gasteiger partial charge is 0.419 e. The number of esters is 2. The molecule has 1 aromatic heterocycles. The third-order valence-electron chi connectivity index (χ3n) is 3.82. The van der Waals surface area contributed by atoms with E-state index < -0.39 is 23.6 Å². The Morgan fingerprint density at radius 3 is 2.08 bits per heavy atom. The standard InChI is InChI=1S/C17H23NO6/c1-17(2,3)24-16(21)18-11-9-7-6-8-10(11)12(14(19)22-4)13(18)15(20)23-5/h6-9H2,1-5H3. The molecule has 1 heterocycles. The third-order valence-corrected chi connectivity index (χ3v) is 3.82. The Labute approximate surface area is 140 Å². The zero-order valence-electron chi connectivity index (χ0n) is 14.7. The zero-order chi connectivity index (χ0) is 18.1. The molecule has 0 radical (unpaired) electrons. The first kappa shape index (κ1) is 18.0. The first-order valence-electron chi connectivity index (χ1n) is 7.87. The molecule has 2 rings (SSSR count). The molecule has 0 atom stereocenters. The van der Waals surface area contributed by atoms with Crippen LogP contribution in [-0.4, -0.2) is 42.4 Å². The zero-order valence-corrected chi connectivity index (χ0v) is 14.7. The summed E-state index contributed by atoms with van der Waals surface area (Å²) < 4.78 is 16.2. The summed E-state index contributed by atoms with van der Waals surface area (Å²) in [4.78, 5) is 37.2. The maximum Gasteiger partial charge on any atom is 0.419 e. The molecule has 132 valence electrons. The normalized spacial score (nSPS) is 13.9. The average Bonchev–Trinajstić information content (AvgIpc) is 2.87. The molecule has 0 bridgehead atoms. The largest absolute Gasteiger partial charge is 0.465 e. The number of hydrogen-bond donors (Lipinski definition) is 0. The van der Waals surface area contributed by atoms with Crippen molar-refractivity contribution in [1.29, 1.82) is 0 Å². The Bertz CT molecular complexity index is 680.